The Bertz CT molecular complexity index is 463. The van der Waals surface area contributed by atoms with Gasteiger partial charge in [-0.2, -0.15) is 0 Å². The number of pyridine rings is 1. The topological polar surface area (TPSA) is 37.4 Å². The zero-order valence-corrected chi connectivity index (χ0v) is 13.1. The Kier molecular flexibility index (Phi) is 5.09. The number of aromatic nitrogens is 1. The Morgan fingerprint density at radius 1 is 1.38 bits per heavy atom. The lowest BCUT2D eigenvalue weighted by Crippen LogP contribution is -2.19. The molecule has 1 aromatic heterocycles. The highest BCUT2D eigenvalue weighted by molar-refractivity contribution is 5.46. The Balaban J connectivity index is 1.35. The molecule has 4 nitrogen and oxygen atoms in total. The van der Waals surface area contributed by atoms with Crippen molar-refractivity contribution in [2.75, 3.05) is 38.6 Å². The van der Waals surface area contributed by atoms with Crippen LogP contribution in [0.25, 0.3) is 0 Å². The number of aryl methyl sites for hydroxylation is 2. The maximum absolute atomic E-state index is 5.93. The van der Waals surface area contributed by atoms with Gasteiger partial charge in [0.05, 0.1) is 6.10 Å². The second-order valence-electron chi connectivity index (χ2n) is 6.34. The third-order valence-corrected chi connectivity index (χ3v) is 4.48. The van der Waals surface area contributed by atoms with E-state index in [0.29, 0.717) is 6.10 Å². The van der Waals surface area contributed by atoms with Crippen LogP contribution in [0.1, 0.15) is 36.9 Å². The average molecular weight is 289 g/mol. The number of unbranched alkanes of at least 4 members (excludes halogenated alkanes) is 1. The van der Waals surface area contributed by atoms with Crippen LogP contribution in [0.2, 0.25) is 0 Å². The lowest BCUT2D eigenvalue weighted by Gasteiger charge is -2.17. The highest BCUT2D eigenvalue weighted by Crippen LogP contribution is 2.20. The summed E-state index contributed by atoms with van der Waals surface area (Å²) in [6.45, 7) is 4.23. The molecule has 0 aliphatic carbocycles. The molecule has 116 valence electrons. The Hall–Kier alpha value is -1.13. The Labute approximate surface area is 127 Å². The number of likely N-dealkylation sites (tertiary alicyclic amines) is 1. The van der Waals surface area contributed by atoms with Crippen molar-refractivity contribution in [2.24, 2.45) is 0 Å². The SMILES string of the molecule is CN1CC[C@@H](OCCCCc2ccc3c(n2)NCCC3)C1. The lowest BCUT2D eigenvalue weighted by atomic mass is 10.1. The molecule has 2 aliphatic rings. The van der Waals surface area contributed by atoms with Gasteiger partial charge in [-0.05, 0) is 57.2 Å². The number of anilines is 1. The number of fused-ring (bicyclic) bond motifs is 1. The molecule has 1 fully saturated rings. The maximum Gasteiger partial charge on any atom is 0.129 e. The van der Waals surface area contributed by atoms with Crippen LogP contribution in [0.3, 0.4) is 0 Å². The standard InChI is InChI=1S/C17H27N3O/c1-20-11-9-16(13-20)21-12-3-2-6-15-8-7-14-5-4-10-18-17(14)19-15/h7-8,16H,2-6,9-13H2,1H3,(H,18,19)/t16-/m1/s1. The van der Waals surface area contributed by atoms with Crippen molar-refractivity contribution < 1.29 is 4.74 Å². The molecular formula is C17H27N3O. The third kappa shape index (κ3) is 4.17. The van der Waals surface area contributed by atoms with Gasteiger partial charge in [0.2, 0.25) is 0 Å². The molecule has 1 saturated heterocycles. The fourth-order valence-electron chi connectivity index (χ4n) is 3.20. The van der Waals surface area contributed by atoms with Crippen LogP contribution >= 0.6 is 0 Å². The number of nitrogens with zero attached hydrogens (tertiary/aromatic N) is 2. The summed E-state index contributed by atoms with van der Waals surface area (Å²) in [5.41, 5.74) is 2.59. The molecule has 1 aromatic rings. The monoisotopic (exact) mass is 289 g/mol. The second-order valence-corrected chi connectivity index (χ2v) is 6.34. The van der Waals surface area contributed by atoms with E-state index in [0.717, 1.165) is 44.8 Å². The second kappa shape index (κ2) is 7.23. The Morgan fingerprint density at radius 3 is 3.19 bits per heavy atom. The smallest absolute Gasteiger partial charge is 0.129 e. The number of nitrogens with one attached hydrogen (secondary N) is 1. The normalized spacial score (nSPS) is 22.0. The van der Waals surface area contributed by atoms with Crippen molar-refractivity contribution in [3.8, 4) is 0 Å². The minimum atomic E-state index is 0.459. The fraction of sp³-hybridized carbons (Fsp3) is 0.706. The minimum absolute atomic E-state index is 0.459. The van der Waals surface area contributed by atoms with E-state index in [4.69, 9.17) is 9.72 Å². The van der Waals surface area contributed by atoms with Crippen molar-refractivity contribution in [1.29, 1.82) is 0 Å². The lowest BCUT2D eigenvalue weighted by molar-refractivity contribution is 0.0585. The molecule has 2 aliphatic heterocycles. The number of rotatable bonds is 6. The summed E-state index contributed by atoms with van der Waals surface area (Å²) in [5.74, 6) is 1.11. The molecule has 0 aromatic carbocycles. The van der Waals surface area contributed by atoms with Crippen molar-refractivity contribution >= 4 is 5.82 Å². The number of likely N-dealkylation sites (N-methyl/N-ethyl adjacent to an activating group) is 1. The molecule has 3 heterocycles. The first-order chi connectivity index (χ1) is 10.3. The minimum Gasteiger partial charge on any atom is -0.377 e. The van der Waals surface area contributed by atoms with Gasteiger partial charge in [-0.25, -0.2) is 4.98 Å². The van der Waals surface area contributed by atoms with E-state index in [-0.39, 0.29) is 0 Å². The van der Waals surface area contributed by atoms with Crippen LogP contribution in [0.5, 0.6) is 0 Å². The van der Waals surface area contributed by atoms with Gasteiger partial charge in [0.1, 0.15) is 5.82 Å². The van der Waals surface area contributed by atoms with E-state index in [2.05, 4.69) is 29.4 Å². The molecule has 3 rings (SSSR count). The van der Waals surface area contributed by atoms with Crippen LogP contribution in [-0.2, 0) is 17.6 Å². The Morgan fingerprint density at radius 2 is 2.33 bits per heavy atom. The van der Waals surface area contributed by atoms with Gasteiger partial charge >= 0.3 is 0 Å². The summed E-state index contributed by atoms with van der Waals surface area (Å²) < 4.78 is 5.93. The van der Waals surface area contributed by atoms with Crippen molar-refractivity contribution in [3.05, 3.63) is 23.4 Å². The summed E-state index contributed by atoms with van der Waals surface area (Å²) in [6, 6.07) is 4.44. The summed E-state index contributed by atoms with van der Waals surface area (Å²) in [6.07, 6.45) is 7.39. The van der Waals surface area contributed by atoms with Crippen molar-refractivity contribution in [3.63, 3.8) is 0 Å². The first kappa shape index (κ1) is 14.8. The largest absolute Gasteiger partial charge is 0.377 e. The number of ether oxygens (including phenoxy) is 1. The van der Waals surface area contributed by atoms with Crippen molar-refractivity contribution in [1.82, 2.24) is 9.88 Å². The van der Waals surface area contributed by atoms with Gasteiger partial charge in [0, 0.05) is 31.9 Å². The van der Waals surface area contributed by atoms with Gasteiger partial charge in [0.15, 0.2) is 0 Å². The molecule has 0 bridgehead atoms. The number of hydrogen-bond acceptors (Lipinski definition) is 4. The van der Waals surface area contributed by atoms with Crippen LogP contribution in [-0.4, -0.2) is 49.3 Å². The summed E-state index contributed by atoms with van der Waals surface area (Å²) in [5, 5.41) is 3.41. The maximum atomic E-state index is 5.93. The van der Waals surface area contributed by atoms with Crippen LogP contribution in [0.4, 0.5) is 5.82 Å². The van der Waals surface area contributed by atoms with Crippen LogP contribution in [0.15, 0.2) is 12.1 Å². The molecule has 4 heteroatoms. The fourth-order valence-corrected chi connectivity index (χ4v) is 3.20. The van der Waals surface area contributed by atoms with Gasteiger partial charge in [-0.1, -0.05) is 6.07 Å². The molecule has 0 radical (unpaired) electrons. The molecule has 0 unspecified atom stereocenters. The molecule has 1 N–H and O–H groups in total. The van der Waals surface area contributed by atoms with Crippen LogP contribution in [0, 0.1) is 0 Å². The van der Waals surface area contributed by atoms with E-state index >= 15 is 0 Å². The van der Waals surface area contributed by atoms with E-state index in [1.807, 2.05) is 0 Å². The van der Waals surface area contributed by atoms with Gasteiger partial charge in [-0.15, -0.1) is 0 Å². The average Bonchev–Trinajstić information content (AvgIpc) is 2.92. The van der Waals surface area contributed by atoms with Crippen molar-refractivity contribution in [2.45, 2.75) is 44.6 Å². The quantitative estimate of drug-likeness (QED) is 0.817. The number of hydrogen-bond donors (Lipinski definition) is 1. The van der Waals surface area contributed by atoms with E-state index in [9.17, 15) is 0 Å². The molecular weight excluding hydrogens is 262 g/mol. The van der Waals surface area contributed by atoms with E-state index < -0.39 is 0 Å². The molecule has 21 heavy (non-hydrogen) atoms. The third-order valence-electron chi connectivity index (χ3n) is 4.48. The molecule has 0 amide bonds. The van der Waals surface area contributed by atoms with Gasteiger partial charge in [-0.3, -0.25) is 0 Å². The zero-order chi connectivity index (χ0) is 14.5. The first-order valence-corrected chi connectivity index (χ1v) is 8.34. The highest BCUT2D eigenvalue weighted by Gasteiger charge is 2.19. The highest BCUT2D eigenvalue weighted by atomic mass is 16.5. The van der Waals surface area contributed by atoms with E-state index in [1.54, 1.807) is 0 Å². The van der Waals surface area contributed by atoms with E-state index in [1.165, 1.54) is 37.1 Å². The molecule has 1 atom stereocenters. The predicted molar refractivity (Wildman–Crippen MR) is 85.8 cm³/mol. The summed E-state index contributed by atoms with van der Waals surface area (Å²) in [7, 11) is 2.17. The first-order valence-electron chi connectivity index (χ1n) is 8.34. The zero-order valence-electron chi connectivity index (χ0n) is 13.1. The summed E-state index contributed by atoms with van der Waals surface area (Å²) in [4.78, 5) is 7.08. The van der Waals surface area contributed by atoms with Crippen LogP contribution < -0.4 is 5.32 Å². The predicted octanol–water partition coefficient (Wildman–Crippen LogP) is 2.48. The summed E-state index contributed by atoms with van der Waals surface area (Å²) >= 11 is 0. The molecule has 0 saturated carbocycles. The van der Waals surface area contributed by atoms with Gasteiger partial charge in [0.25, 0.3) is 0 Å². The van der Waals surface area contributed by atoms with Gasteiger partial charge < -0.3 is 15.0 Å². The molecule has 0 spiro atoms.